The molecule has 654 valence electrons. The van der Waals surface area contributed by atoms with E-state index in [1.54, 1.807) is 12.4 Å². The van der Waals surface area contributed by atoms with Gasteiger partial charge in [-0.25, -0.2) is 24.9 Å². The van der Waals surface area contributed by atoms with Crippen LogP contribution in [0.1, 0.15) is 0 Å². The van der Waals surface area contributed by atoms with E-state index in [1.165, 1.54) is 0 Å². The van der Waals surface area contributed by atoms with Crippen molar-refractivity contribution >= 4 is 146 Å². The largest absolute Gasteiger partial charge is 0.309 e. The van der Waals surface area contributed by atoms with Crippen molar-refractivity contribution in [2.45, 2.75) is 0 Å². The first-order chi connectivity index (χ1) is 68.0. The lowest BCUT2D eigenvalue weighted by Gasteiger charge is -2.22. The second kappa shape index (κ2) is 36.6. The molecule has 14 nitrogen and oxygen atoms in total. The number of benzene rings is 16. The van der Waals surface area contributed by atoms with Crippen LogP contribution in [0, 0.1) is 0 Å². The van der Waals surface area contributed by atoms with Crippen LogP contribution in [-0.2, 0) is 13.7 Å². The number of hydrogen-bond acceptors (Lipinski definition) is 12. The predicted molar refractivity (Wildman–Crippen MR) is 568 cm³/mol. The number of para-hydroxylation sites is 6. The fourth-order valence-electron chi connectivity index (χ4n) is 18.8. The number of nitrogens with zero attached hydrogens (tertiary/aromatic N) is 11. The molecule has 0 bridgehead atoms. The Kier molecular flexibility index (Phi) is 22.6. The summed E-state index contributed by atoms with van der Waals surface area (Å²) >= 11 is 0. The first-order valence-corrected chi connectivity index (χ1v) is 50.7. The molecule has 0 unspecified atom stereocenters. The molecule has 0 saturated heterocycles. The topological polar surface area (TPSA) is 176 Å². The molecule has 0 saturated carbocycles. The van der Waals surface area contributed by atoms with Crippen molar-refractivity contribution in [3.63, 3.8) is 0 Å². The van der Waals surface area contributed by atoms with E-state index in [2.05, 4.69) is 193 Å². The first-order valence-electron chi connectivity index (χ1n) is 45.6. The van der Waals surface area contributed by atoms with Gasteiger partial charge in [-0.3, -0.25) is 28.7 Å². The molecule has 138 heavy (non-hydrogen) atoms. The summed E-state index contributed by atoms with van der Waals surface area (Å²) in [4.78, 5) is 43.4. The molecule has 0 aliphatic carbocycles. The lowest BCUT2D eigenvalue weighted by molar-refractivity contribution is 0.591. The van der Waals surface area contributed by atoms with E-state index in [1.807, 2.05) is 322 Å². The van der Waals surface area contributed by atoms with E-state index in [0.717, 1.165) is 197 Å². The number of hydrogen-bond donors (Lipinski definition) is 0. The maximum Gasteiger partial charge on any atom is 0.171 e. The Morgan fingerprint density at radius 2 is 0.442 bits per heavy atom. The molecule has 25 rings (SSSR count). The Labute approximate surface area is 796 Å². The molecule has 0 aliphatic rings. The van der Waals surface area contributed by atoms with Gasteiger partial charge in [-0.05, 0) is 161 Å². The number of imidazole rings is 2. The zero-order valence-electron chi connectivity index (χ0n) is 74.3. The average Bonchev–Trinajstić information content (AvgIpc) is 1.42. The second-order valence-electron chi connectivity index (χ2n) is 33.7. The van der Waals surface area contributed by atoms with Gasteiger partial charge in [0.1, 0.15) is 11.3 Å². The van der Waals surface area contributed by atoms with E-state index in [-0.39, 0.29) is 0 Å². The fraction of sp³-hybridized carbons (Fsp3) is 0. The summed E-state index contributed by atoms with van der Waals surface area (Å²) in [5, 5.41) is 13.5. The molecule has 0 atom stereocenters. The minimum absolute atomic E-state index is 0.511. The van der Waals surface area contributed by atoms with E-state index in [4.69, 9.17) is 24.9 Å². The van der Waals surface area contributed by atoms with Crippen LogP contribution in [0.4, 0.5) is 0 Å². The monoisotopic (exact) mass is 1830 g/mol. The van der Waals surface area contributed by atoms with E-state index in [9.17, 15) is 9.13 Å². The first kappa shape index (κ1) is 85.0. The number of aromatic nitrogens is 11. The normalized spacial score (nSPS) is 11.7. The van der Waals surface area contributed by atoms with Gasteiger partial charge >= 0.3 is 0 Å². The lowest BCUT2D eigenvalue weighted by atomic mass is 9.96. The fourth-order valence-corrected chi connectivity index (χ4v) is 26.8. The molecule has 17 heteroatoms. The average molecular weight is 1830 g/mol. The summed E-state index contributed by atoms with van der Waals surface area (Å²) in [5.74, 6) is 1.58. The third kappa shape index (κ3) is 15.8. The minimum Gasteiger partial charge on any atom is -0.309 e. The van der Waals surface area contributed by atoms with E-state index < -0.39 is 21.4 Å². The Balaban J connectivity index is 0.000000117. The zero-order chi connectivity index (χ0) is 92.5. The highest BCUT2D eigenvalue weighted by atomic mass is 31.2. The summed E-state index contributed by atoms with van der Waals surface area (Å²) in [6.07, 6.45) is 7.19. The molecule has 9 aromatic heterocycles. The van der Waals surface area contributed by atoms with Gasteiger partial charge in [-0.1, -0.05) is 334 Å². The van der Waals surface area contributed by atoms with Gasteiger partial charge < -0.3 is 13.7 Å². The van der Waals surface area contributed by atoms with Crippen LogP contribution < -0.4 is 47.7 Å². The predicted octanol–water partition coefficient (Wildman–Crippen LogP) is 25.3. The summed E-state index contributed by atoms with van der Waals surface area (Å²) < 4.78 is 50.4. The van der Waals surface area contributed by atoms with Crippen molar-refractivity contribution in [2.75, 3.05) is 0 Å². The SMILES string of the molecule is O=P(c1ccccc1)(c1ccc2c(c1)c1ccccc1n1c3ccccc3nc21)c1ccc2c(c1)c1ccccc1n1c3ccccc3nc21.O=P(c1ccccc1)(c1ccccc1)c1ccc(-c2cc(-c3ccccn3)cc(-c3ccccn3)c2)cc1.O=P(c1ccccc1)(c1ccccc1)c1ccc(-c2nc(-c3cccc(-c4ccccn4)c3)nc(-c3cccc(-c4ccccn4)c3)n2)cc1. The molecule has 16 aromatic carbocycles. The van der Waals surface area contributed by atoms with Crippen LogP contribution in [0.3, 0.4) is 0 Å². The zero-order valence-corrected chi connectivity index (χ0v) is 77.0. The summed E-state index contributed by atoms with van der Waals surface area (Å²) in [6, 6.07) is 157. The van der Waals surface area contributed by atoms with Crippen molar-refractivity contribution in [3.05, 3.63) is 498 Å². The summed E-state index contributed by atoms with van der Waals surface area (Å²) in [5.41, 5.74) is 20.0. The molecule has 9 heterocycles. The summed E-state index contributed by atoms with van der Waals surface area (Å²) in [6.45, 7) is 0. The van der Waals surface area contributed by atoms with Gasteiger partial charge in [0.15, 0.2) is 38.9 Å². The van der Waals surface area contributed by atoms with Crippen LogP contribution in [0.25, 0.3) is 167 Å². The molecule has 25 aromatic rings. The van der Waals surface area contributed by atoms with Crippen molar-refractivity contribution < 1.29 is 13.7 Å². The van der Waals surface area contributed by atoms with E-state index in [0.29, 0.717) is 17.5 Å². The minimum atomic E-state index is -3.37. The van der Waals surface area contributed by atoms with Crippen LogP contribution in [0.2, 0.25) is 0 Å². The third-order valence-electron chi connectivity index (χ3n) is 25.5. The molecule has 0 radical (unpaired) electrons. The van der Waals surface area contributed by atoms with Gasteiger partial charge in [0, 0.05) is 133 Å². The van der Waals surface area contributed by atoms with Gasteiger partial charge in [0.25, 0.3) is 0 Å². The van der Waals surface area contributed by atoms with Crippen molar-refractivity contribution in [1.82, 2.24) is 53.7 Å². The highest BCUT2D eigenvalue weighted by molar-refractivity contribution is 7.86. The third-order valence-corrected chi connectivity index (χ3v) is 34.7. The molecular weight excluding hydrogens is 1750 g/mol. The van der Waals surface area contributed by atoms with Gasteiger partial charge in [-0.2, -0.15) is 0 Å². The van der Waals surface area contributed by atoms with Gasteiger partial charge in [0.2, 0.25) is 0 Å². The molecule has 0 spiro atoms. The van der Waals surface area contributed by atoms with Crippen LogP contribution in [0.5, 0.6) is 0 Å². The van der Waals surface area contributed by atoms with Crippen molar-refractivity contribution in [3.8, 4) is 90.3 Å². The number of fused-ring (bicyclic) bond motifs is 16. The number of rotatable bonds is 17. The van der Waals surface area contributed by atoms with Crippen molar-refractivity contribution in [1.29, 1.82) is 0 Å². The highest BCUT2D eigenvalue weighted by Crippen LogP contribution is 2.49. The molecular formula is C121H82N11O3P3. The molecule has 0 N–H and O–H groups in total. The Bertz CT molecular complexity index is 8590. The van der Waals surface area contributed by atoms with Crippen LogP contribution >= 0.6 is 21.4 Å². The van der Waals surface area contributed by atoms with Crippen LogP contribution in [-0.4, -0.2) is 53.7 Å². The van der Waals surface area contributed by atoms with E-state index >= 15 is 4.57 Å². The quantitative estimate of drug-likeness (QED) is 0.0624. The Morgan fingerprint density at radius 3 is 0.804 bits per heavy atom. The molecule has 0 aliphatic heterocycles. The standard InChI is InChI=1S/C44H27N4OP.C43H30N5OP.C34H25N2OP/c49-50(28-12-2-1-3-13-28,29-22-24-33-35(26-29)31-14-4-8-18-39(31)47-41-20-10-6-16-37(41)45-43(33)47)30-23-25-34-36(27-30)32-15-5-9-19-40(32)48-42-21-11-7-17-38(42)46-44(34)48;49-50(36-17-3-1-4-18-36,37-19-5-2-6-20-37)38-25-23-31(24-26-38)41-46-42(34-15-11-13-32(29-34)39-21-7-9-27-44-39)48-43(47-41)35-16-12-14-33(30-35)40-22-8-10-28-45-40;37-38(30-11-3-1-4-12-30,31-13-5-2-6-14-31)32-19-17-26(18-20-32)27-23-28(33-15-7-9-21-35-33)25-29(24-27)34-16-8-10-22-36-34/h1-27H;1-30H;1-25H. The van der Waals surface area contributed by atoms with Crippen molar-refractivity contribution in [2.24, 2.45) is 0 Å². The van der Waals surface area contributed by atoms with Gasteiger partial charge in [-0.15, -0.1) is 0 Å². The van der Waals surface area contributed by atoms with Gasteiger partial charge in [0.05, 0.1) is 55.9 Å². The summed E-state index contributed by atoms with van der Waals surface area (Å²) in [7, 11) is -9.53. The Hall–Kier alpha value is -17.2. The smallest absolute Gasteiger partial charge is 0.171 e. The lowest BCUT2D eigenvalue weighted by Crippen LogP contribution is -2.25. The maximum atomic E-state index is 16.1. The molecule has 0 amide bonds. The molecule has 0 fully saturated rings. The highest BCUT2D eigenvalue weighted by Gasteiger charge is 2.35. The number of pyridine rings is 6. The maximum absolute atomic E-state index is 16.1. The Morgan fingerprint density at radius 1 is 0.167 bits per heavy atom. The second-order valence-corrected chi connectivity index (χ2v) is 42.0. The van der Waals surface area contributed by atoms with Crippen LogP contribution in [0.15, 0.2) is 498 Å².